The number of rotatable bonds is 8. The van der Waals surface area contributed by atoms with Crippen molar-refractivity contribution >= 4 is 16.0 Å². The second-order valence-electron chi connectivity index (χ2n) is 3.97. The van der Waals surface area contributed by atoms with Gasteiger partial charge in [-0.25, -0.2) is 17.9 Å². The smallest absolute Gasteiger partial charge is 0.339 e. The van der Waals surface area contributed by atoms with Gasteiger partial charge >= 0.3 is 5.97 Å². The van der Waals surface area contributed by atoms with Gasteiger partial charge in [0.05, 0.1) is 12.3 Å². The van der Waals surface area contributed by atoms with E-state index in [0.29, 0.717) is 13.0 Å². The molecule has 0 saturated carbocycles. The highest BCUT2D eigenvalue weighted by Crippen LogP contribution is 2.14. The molecule has 0 aliphatic carbocycles. The zero-order valence-corrected chi connectivity index (χ0v) is 11.6. The van der Waals surface area contributed by atoms with Gasteiger partial charge in [0.25, 0.3) is 0 Å². The van der Waals surface area contributed by atoms with Gasteiger partial charge in [-0.1, -0.05) is 0 Å². The van der Waals surface area contributed by atoms with Crippen molar-refractivity contribution in [3.63, 3.8) is 0 Å². The summed E-state index contributed by atoms with van der Waals surface area (Å²) in [6.45, 7) is 1.81. The predicted octanol–water partition coefficient (Wildman–Crippen LogP) is 0.742. The van der Waals surface area contributed by atoms with Crippen LogP contribution in [0.15, 0.2) is 10.5 Å². The average Bonchev–Trinajstić information content (AvgIpc) is 2.69. The Bertz CT molecular complexity index is 533. The fourth-order valence-electron chi connectivity index (χ4n) is 1.49. The summed E-state index contributed by atoms with van der Waals surface area (Å²) >= 11 is 0. The Morgan fingerprint density at radius 3 is 2.74 bits per heavy atom. The summed E-state index contributed by atoms with van der Waals surface area (Å²) in [4.78, 5) is 10.8. The Hall–Kier alpha value is -1.38. The molecule has 0 radical (unpaired) electrons. The summed E-state index contributed by atoms with van der Waals surface area (Å²) in [5.74, 6) is -0.631. The zero-order chi connectivity index (χ0) is 14.5. The average molecular weight is 291 g/mol. The van der Waals surface area contributed by atoms with Crippen LogP contribution in [0, 0.1) is 6.92 Å². The topological polar surface area (TPSA) is 106 Å². The quantitative estimate of drug-likeness (QED) is 0.684. The van der Waals surface area contributed by atoms with Crippen LogP contribution in [-0.4, -0.2) is 39.0 Å². The molecule has 0 atom stereocenters. The number of aryl methyl sites for hydroxylation is 1. The van der Waals surface area contributed by atoms with Gasteiger partial charge in [-0.2, -0.15) is 0 Å². The number of carboxylic acid groups (broad SMARTS) is 1. The Labute approximate surface area is 111 Å². The van der Waals surface area contributed by atoms with Gasteiger partial charge in [-0.15, -0.1) is 0 Å². The fraction of sp³-hybridized carbons (Fsp3) is 0.545. The van der Waals surface area contributed by atoms with Crippen molar-refractivity contribution in [2.45, 2.75) is 19.9 Å². The van der Waals surface area contributed by atoms with Crippen LogP contribution in [0.25, 0.3) is 0 Å². The van der Waals surface area contributed by atoms with Gasteiger partial charge in [0.1, 0.15) is 17.1 Å². The van der Waals surface area contributed by atoms with Crippen LogP contribution in [-0.2, 0) is 21.3 Å². The van der Waals surface area contributed by atoms with E-state index < -0.39 is 16.0 Å². The maximum absolute atomic E-state index is 11.6. The molecule has 0 aromatic carbocycles. The molecule has 1 rings (SSSR count). The standard InChI is InChI=1S/C11H17NO6S/c1-8-10(11(13)14)6-9(18-8)7-12-19(15,16)5-3-4-17-2/h6,12H,3-5,7H2,1-2H3,(H,13,14). The summed E-state index contributed by atoms with van der Waals surface area (Å²) in [6, 6.07) is 1.31. The molecule has 0 spiro atoms. The van der Waals surface area contributed by atoms with Gasteiger partial charge in [-0.05, 0) is 19.4 Å². The van der Waals surface area contributed by atoms with Gasteiger partial charge in [0.15, 0.2) is 0 Å². The molecule has 8 heteroatoms. The number of hydrogen-bond acceptors (Lipinski definition) is 5. The van der Waals surface area contributed by atoms with Crippen molar-refractivity contribution in [1.82, 2.24) is 4.72 Å². The van der Waals surface area contributed by atoms with E-state index in [2.05, 4.69) is 4.72 Å². The molecule has 7 nitrogen and oxygen atoms in total. The molecular formula is C11H17NO6S. The number of carbonyl (C=O) groups is 1. The Morgan fingerprint density at radius 1 is 1.53 bits per heavy atom. The normalized spacial score (nSPS) is 11.7. The van der Waals surface area contributed by atoms with E-state index in [-0.39, 0.29) is 29.4 Å². The van der Waals surface area contributed by atoms with Crippen LogP contribution < -0.4 is 4.72 Å². The minimum absolute atomic E-state index is 0.0357. The maximum atomic E-state index is 11.6. The monoisotopic (exact) mass is 291 g/mol. The molecule has 1 aromatic rings. The third kappa shape index (κ3) is 5.01. The summed E-state index contributed by atoms with van der Waals surface area (Å²) in [5, 5.41) is 8.84. The highest BCUT2D eigenvalue weighted by atomic mass is 32.2. The molecule has 0 fully saturated rings. The Balaban J connectivity index is 2.57. The van der Waals surface area contributed by atoms with Crippen LogP contribution in [0.4, 0.5) is 0 Å². The molecule has 0 aliphatic rings. The number of sulfonamides is 1. The van der Waals surface area contributed by atoms with Crippen molar-refractivity contribution in [1.29, 1.82) is 0 Å². The molecule has 2 N–H and O–H groups in total. The number of methoxy groups -OCH3 is 1. The molecule has 0 unspecified atom stereocenters. The third-order valence-corrected chi connectivity index (χ3v) is 3.84. The SMILES string of the molecule is COCCCS(=O)(=O)NCc1cc(C(=O)O)c(C)o1. The number of aromatic carboxylic acids is 1. The number of ether oxygens (including phenoxy) is 1. The minimum atomic E-state index is -3.41. The van der Waals surface area contributed by atoms with Crippen molar-refractivity contribution in [2.75, 3.05) is 19.5 Å². The molecule has 0 aliphatic heterocycles. The molecule has 0 bridgehead atoms. The zero-order valence-electron chi connectivity index (χ0n) is 10.8. The largest absolute Gasteiger partial charge is 0.478 e. The first-order chi connectivity index (χ1) is 8.85. The van der Waals surface area contributed by atoms with Gasteiger partial charge in [-0.3, -0.25) is 0 Å². The van der Waals surface area contributed by atoms with E-state index in [0.717, 1.165) is 0 Å². The Kier molecular flexibility index (Phi) is 5.52. The van der Waals surface area contributed by atoms with Crippen LogP contribution in [0.2, 0.25) is 0 Å². The predicted molar refractivity (Wildman–Crippen MR) is 67.5 cm³/mol. The summed E-state index contributed by atoms with van der Waals surface area (Å²) in [7, 11) is -1.91. The van der Waals surface area contributed by atoms with Crippen molar-refractivity contribution < 1.29 is 27.5 Å². The molecule has 0 saturated heterocycles. The lowest BCUT2D eigenvalue weighted by atomic mass is 10.2. The van der Waals surface area contributed by atoms with E-state index in [9.17, 15) is 13.2 Å². The third-order valence-electron chi connectivity index (χ3n) is 2.43. The van der Waals surface area contributed by atoms with Crippen molar-refractivity contribution in [2.24, 2.45) is 0 Å². The molecule has 1 aromatic heterocycles. The molecule has 1 heterocycles. The maximum Gasteiger partial charge on any atom is 0.339 e. The number of carboxylic acids is 1. The Morgan fingerprint density at radius 2 is 2.21 bits per heavy atom. The van der Waals surface area contributed by atoms with Gasteiger partial charge < -0.3 is 14.3 Å². The molecular weight excluding hydrogens is 274 g/mol. The van der Waals surface area contributed by atoms with Crippen LogP contribution in [0.5, 0.6) is 0 Å². The summed E-state index contributed by atoms with van der Waals surface area (Å²) in [6.07, 6.45) is 0.392. The van der Waals surface area contributed by atoms with Crippen molar-refractivity contribution in [3.8, 4) is 0 Å². The fourth-order valence-corrected chi connectivity index (χ4v) is 2.49. The van der Waals surface area contributed by atoms with Crippen LogP contribution >= 0.6 is 0 Å². The van der Waals surface area contributed by atoms with E-state index in [1.54, 1.807) is 0 Å². The van der Waals surface area contributed by atoms with Gasteiger partial charge in [0.2, 0.25) is 10.0 Å². The summed E-state index contributed by atoms with van der Waals surface area (Å²) < 4.78 is 35.4. The van der Waals surface area contributed by atoms with Crippen LogP contribution in [0.3, 0.4) is 0 Å². The van der Waals surface area contributed by atoms with Crippen LogP contribution in [0.1, 0.15) is 28.3 Å². The minimum Gasteiger partial charge on any atom is -0.478 e. The lowest BCUT2D eigenvalue weighted by Crippen LogP contribution is -2.26. The van der Waals surface area contributed by atoms with E-state index in [1.807, 2.05) is 0 Å². The highest BCUT2D eigenvalue weighted by molar-refractivity contribution is 7.89. The molecule has 0 amide bonds. The number of hydrogen-bond donors (Lipinski definition) is 2. The number of furan rings is 1. The van der Waals surface area contributed by atoms with Crippen molar-refractivity contribution in [3.05, 3.63) is 23.2 Å². The second kappa shape index (κ2) is 6.69. The lowest BCUT2D eigenvalue weighted by molar-refractivity contribution is 0.0695. The second-order valence-corrected chi connectivity index (χ2v) is 5.90. The molecule has 108 valence electrons. The number of nitrogens with one attached hydrogen (secondary N) is 1. The lowest BCUT2D eigenvalue weighted by Gasteiger charge is -2.04. The first kappa shape index (κ1) is 15.7. The molecule has 19 heavy (non-hydrogen) atoms. The summed E-state index contributed by atoms with van der Waals surface area (Å²) in [5.41, 5.74) is 0.0357. The first-order valence-corrected chi connectivity index (χ1v) is 7.30. The van der Waals surface area contributed by atoms with E-state index in [4.69, 9.17) is 14.3 Å². The first-order valence-electron chi connectivity index (χ1n) is 5.64. The van der Waals surface area contributed by atoms with E-state index >= 15 is 0 Å². The van der Waals surface area contributed by atoms with Gasteiger partial charge in [0, 0.05) is 13.7 Å². The van der Waals surface area contributed by atoms with E-state index in [1.165, 1.54) is 20.1 Å². The highest BCUT2D eigenvalue weighted by Gasteiger charge is 2.15.